The van der Waals surface area contributed by atoms with Crippen molar-refractivity contribution >= 4 is 29.0 Å². The van der Waals surface area contributed by atoms with Gasteiger partial charge in [-0.25, -0.2) is 4.98 Å². The molecular formula is C24H30N6O2. The molecule has 0 atom stereocenters. The van der Waals surface area contributed by atoms with Crippen molar-refractivity contribution in [3.05, 3.63) is 30.0 Å². The highest BCUT2D eigenvalue weighted by Crippen LogP contribution is 2.56. The van der Waals surface area contributed by atoms with Gasteiger partial charge in [-0.3, -0.25) is 4.79 Å². The number of aromatic nitrogens is 2. The number of hydrogen-bond acceptors (Lipinski definition) is 7. The fraction of sp³-hybridized carbons (Fsp3) is 0.542. The molecule has 1 aliphatic heterocycles. The predicted octanol–water partition coefficient (Wildman–Crippen LogP) is 3.89. The SMILES string of the molecule is NC(=O)c1cnc(Nc2ccc3c(c2)NCCCO3)nc1NC12CC3CC(CC(C3)C1)C2. The molecule has 0 radical (unpaired) electrons. The van der Waals surface area contributed by atoms with E-state index < -0.39 is 5.91 Å². The number of nitrogens with one attached hydrogen (secondary N) is 3. The van der Waals surface area contributed by atoms with Gasteiger partial charge in [-0.2, -0.15) is 4.98 Å². The highest BCUT2D eigenvalue weighted by atomic mass is 16.5. The maximum absolute atomic E-state index is 12.1. The molecule has 0 spiro atoms. The second kappa shape index (κ2) is 7.53. The maximum Gasteiger partial charge on any atom is 0.254 e. The molecule has 8 heteroatoms. The highest BCUT2D eigenvalue weighted by Gasteiger charge is 2.51. The van der Waals surface area contributed by atoms with Gasteiger partial charge >= 0.3 is 0 Å². The molecule has 5 aliphatic rings. The number of carbonyl (C=O) groups excluding carboxylic acids is 1. The lowest BCUT2D eigenvalue weighted by Crippen LogP contribution is -2.55. The Morgan fingerprint density at radius 2 is 1.91 bits per heavy atom. The molecule has 5 N–H and O–H groups in total. The molecule has 168 valence electrons. The van der Waals surface area contributed by atoms with Gasteiger partial charge in [-0.05, 0) is 80.9 Å². The Hall–Kier alpha value is -3.03. The summed E-state index contributed by atoms with van der Waals surface area (Å²) in [6.07, 6.45) is 10.0. The molecule has 8 nitrogen and oxygen atoms in total. The van der Waals surface area contributed by atoms with Gasteiger partial charge < -0.3 is 26.4 Å². The van der Waals surface area contributed by atoms with Gasteiger partial charge in [-0.1, -0.05) is 0 Å². The van der Waals surface area contributed by atoms with Gasteiger partial charge in [0.15, 0.2) is 0 Å². The van der Waals surface area contributed by atoms with Crippen molar-refractivity contribution in [3.8, 4) is 5.75 Å². The van der Waals surface area contributed by atoms with E-state index in [1.165, 1.54) is 25.5 Å². The molecule has 4 aliphatic carbocycles. The summed E-state index contributed by atoms with van der Waals surface area (Å²) < 4.78 is 5.77. The third-order valence-electron chi connectivity index (χ3n) is 7.61. The van der Waals surface area contributed by atoms with E-state index in [2.05, 4.69) is 20.9 Å². The number of anilines is 4. The molecule has 0 saturated heterocycles. The van der Waals surface area contributed by atoms with Crippen molar-refractivity contribution in [2.75, 3.05) is 29.1 Å². The van der Waals surface area contributed by atoms with Crippen molar-refractivity contribution in [1.82, 2.24) is 9.97 Å². The van der Waals surface area contributed by atoms with Crippen molar-refractivity contribution in [2.24, 2.45) is 23.5 Å². The third-order valence-corrected chi connectivity index (χ3v) is 7.61. The molecule has 0 unspecified atom stereocenters. The molecule has 4 saturated carbocycles. The van der Waals surface area contributed by atoms with Gasteiger partial charge in [0.1, 0.15) is 11.6 Å². The Labute approximate surface area is 187 Å². The standard InChI is InChI=1S/C24H30N6O2/c25-21(31)18-13-27-23(28-17-2-3-20-19(9-17)26-4-1-5-32-20)29-22(18)30-24-10-14-6-15(11-24)8-16(7-14)12-24/h2-3,9,13-16,26H,1,4-8,10-12H2,(H2,25,31)(H2,27,28,29,30). The number of primary amides is 1. The minimum Gasteiger partial charge on any atom is -0.491 e. The number of carbonyl (C=O) groups is 1. The average Bonchev–Trinajstić information content (AvgIpc) is 2.97. The molecule has 4 fully saturated rings. The van der Waals surface area contributed by atoms with Gasteiger partial charge in [0, 0.05) is 24.0 Å². The Balaban J connectivity index is 1.27. The first-order valence-corrected chi connectivity index (χ1v) is 11.8. The van der Waals surface area contributed by atoms with Gasteiger partial charge in [0.25, 0.3) is 5.91 Å². The first-order chi connectivity index (χ1) is 15.6. The molecule has 1 aromatic carbocycles. The van der Waals surface area contributed by atoms with E-state index in [9.17, 15) is 4.79 Å². The number of fused-ring (bicyclic) bond motifs is 1. The fourth-order valence-corrected chi connectivity index (χ4v) is 6.71. The molecule has 32 heavy (non-hydrogen) atoms. The lowest BCUT2D eigenvalue weighted by atomic mass is 9.53. The van der Waals surface area contributed by atoms with Crippen LogP contribution in [0.3, 0.4) is 0 Å². The fourth-order valence-electron chi connectivity index (χ4n) is 6.71. The monoisotopic (exact) mass is 434 g/mol. The quantitative estimate of drug-likeness (QED) is 0.564. The summed E-state index contributed by atoms with van der Waals surface area (Å²) in [5, 5.41) is 10.4. The number of ether oxygens (including phenoxy) is 1. The predicted molar refractivity (Wildman–Crippen MR) is 123 cm³/mol. The smallest absolute Gasteiger partial charge is 0.254 e. The number of benzene rings is 1. The van der Waals surface area contributed by atoms with E-state index in [1.54, 1.807) is 0 Å². The summed E-state index contributed by atoms with van der Waals surface area (Å²) in [4.78, 5) is 21.2. The van der Waals surface area contributed by atoms with Crippen molar-refractivity contribution in [1.29, 1.82) is 0 Å². The van der Waals surface area contributed by atoms with Crippen LogP contribution in [0.5, 0.6) is 5.75 Å². The zero-order valence-corrected chi connectivity index (χ0v) is 18.2. The lowest BCUT2D eigenvalue weighted by molar-refractivity contribution is 0.0105. The van der Waals surface area contributed by atoms with Crippen molar-refractivity contribution < 1.29 is 9.53 Å². The summed E-state index contributed by atoms with van der Waals surface area (Å²) in [7, 11) is 0. The Kier molecular flexibility index (Phi) is 4.62. The van der Waals surface area contributed by atoms with Gasteiger partial charge in [-0.15, -0.1) is 0 Å². The van der Waals surface area contributed by atoms with Crippen LogP contribution in [-0.2, 0) is 0 Å². The summed E-state index contributed by atoms with van der Waals surface area (Å²) in [5.41, 5.74) is 7.86. The minimum absolute atomic E-state index is 0.0237. The summed E-state index contributed by atoms with van der Waals surface area (Å²) >= 11 is 0. The van der Waals surface area contributed by atoms with Crippen LogP contribution in [0.1, 0.15) is 55.3 Å². The molecule has 1 amide bonds. The van der Waals surface area contributed by atoms with Crippen LogP contribution in [0.25, 0.3) is 0 Å². The van der Waals surface area contributed by atoms with Crippen LogP contribution >= 0.6 is 0 Å². The number of nitrogens with zero attached hydrogens (tertiary/aromatic N) is 2. The van der Waals surface area contributed by atoms with Crippen LogP contribution in [0, 0.1) is 17.8 Å². The topological polar surface area (TPSA) is 114 Å². The van der Waals surface area contributed by atoms with Crippen LogP contribution < -0.4 is 26.4 Å². The normalized spacial score (nSPS) is 29.9. The van der Waals surface area contributed by atoms with Crippen LogP contribution in [-0.4, -0.2) is 34.6 Å². The van der Waals surface area contributed by atoms with Crippen molar-refractivity contribution in [2.45, 2.75) is 50.5 Å². The number of rotatable bonds is 5. The third kappa shape index (κ3) is 3.61. The minimum atomic E-state index is -0.504. The molecular weight excluding hydrogens is 404 g/mol. The summed E-state index contributed by atoms with van der Waals surface area (Å²) in [6, 6.07) is 5.89. The van der Waals surface area contributed by atoms with Gasteiger partial charge in [0.05, 0.1) is 17.9 Å². The highest BCUT2D eigenvalue weighted by molar-refractivity contribution is 5.97. The number of hydrogen-bond donors (Lipinski definition) is 4. The van der Waals surface area contributed by atoms with Crippen molar-refractivity contribution in [3.63, 3.8) is 0 Å². The molecule has 2 aromatic rings. The van der Waals surface area contributed by atoms with E-state index in [0.717, 1.165) is 67.1 Å². The second-order valence-corrected chi connectivity index (χ2v) is 10.1. The molecule has 4 bridgehead atoms. The van der Waals surface area contributed by atoms with Gasteiger partial charge in [0.2, 0.25) is 5.95 Å². The van der Waals surface area contributed by atoms with E-state index in [0.29, 0.717) is 23.9 Å². The lowest BCUT2D eigenvalue weighted by Gasteiger charge is -2.57. The summed E-state index contributed by atoms with van der Waals surface area (Å²) in [6.45, 7) is 1.59. The van der Waals surface area contributed by atoms with Crippen LogP contribution in [0.15, 0.2) is 24.4 Å². The maximum atomic E-state index is 12.1. The van der Waals surface area contributed by atoms with E-state index in [4.69, 9.17) is 15.5 Å². The van der Waals surface area contributed by atoms with E-state index in [1.807, 2.05) is 18.2 Å². The Bertz CT molecular complexity index is 1020. The largest absolute Gasteiger partial charge is 0.491 e. The Morgan fingerprint density at radius 1 is 1.16 bits per heavy atom. The van der Waals surface area contributed by atoms with E-state index >= 15 is 0 Å². The van der Waals surface area contributed by atoms with Crippen LogP contribution in [0.2, 0.25) is 0 Å². The first kappa shape index (κ1) is 19.6. The molecule has 7 rings (SSSR count). The zero-order chi connectivity index (χ0) is 21.7. The summed E-state index contributed by atoms with van der Waals surface area (Å²) in [5.74, 6) is 3.71. The van der Waals surface area contributed by atoms with E-state index in [-0.39, 0.29) is 5.54 Å². The number of nitrogens with two attached hydrogens (primary N) is 1. The Morgan fingerprint density at radius 3 is 2.62 bits per heavy atom. The second-order valence-electron chi connectivity index (χ2n) is 10.1. The zero-order valence-electron chi connectivity index (χ0n) is 18.2. The molecule has 1 aromatic heterocycles. The molecule has 2 heterocycles. The number of amides is 1. The average molecular weight is 435 g/mol. The first-order valence-electron chi connectivity index (χ1n) is 11.8. The van der Waals surface area contributed by atoms with Crippen LogP contribution in [0.4, 0.5) is 23.1 Å².